The van der Waals surface area contributed by atoms with Crippen LogP contribution < -0.4 is 4.74 Å². The number of hydrogen-bond donors (Lipinski definition) is 0. The summed E-state index contributed by atoms with van der Waals surface area (Å²) < 4.78 is 24.5. The van der Waals surface area contributed by atoms with Gasteiger partial charge in [-0.15, -0.1) is 0 Å². The van der Waals surface area contributed by atoms with Crippen molar-refractivity contribution in [2.75, 3.05) is 26.3 Å². The third-order valence-corrected chi connectivity index (χ3v) is 3.77. The minimum Gasteiger partial charge on any atom is -0.481 e. The zero-order valence-corrected chi connectivity index (χ0v) is 13.1. The first-order chi connectivity index (χ1) is 10.7. The zero-order chi connectivity index (χ0) is 15.8. The van der Waals surface area contributed by atoms with Gasteiger partial charge in [-0.3, -0.25) is 4.79 Å². The number of amides is 1. The van der Waals surface area contributed by atoms with Crippen LogP contribution in [0.4, 0.5) is 4.39 Å². The van der Waals surface area contributed by atoms with Crippen LogP contribution in [0.2, 0.25) is 0 Å². The van der Waals surface area contributed by atoms with Gasteiger partial charge in [0, 0.05) is 19.7 Å². The molecule has 1 aromatic rings. The predicted octanol–water partition coefficient (Wildman–Crippen LogP) is 3.01. The minimum atomic E-state index is -0.445. The van der Waals surface area contributed by atoms with Gasteiger partial charge in [-0.1, -0.05) is 19.1 Å². The normalized spacial score (nSPS) is 18.8. The molecule has 2 rings (SSSR count). The molecule has 5 heteroatoms. The van der Waals surface area contributed by atoms with Crippen LogP contribution in [0.3, 0.4) is 0 Å². The second kappa shape index (κ2) is 8.73. The van der Waals surface area contributed by atoms with E-state index in [1.165, 1.54) is 12.1 Å². The monoisotopic (exact) mass is 309 g/mol. The first-order valence-electron chi connectivity index (χ1n) is 7.97. The van der Waals surface area contributed by atoms with Crippen molar-refractivity contribution in [3.05, 3.63) is 30.1 Å². The van der Waals surface area contributed by atoms with Crippen LogP contribution in [-0.4, -0.2) is 43.2 Å². The van der Waals surface area contributed by atoms with Gasteiger partial charge in [-0.2, -0.15) is 0 Å². The maximum Gasteiger partial charge on any atom is 0.260 e. The van der Waals surface area contributed by atoms with Gasteiger partial charge >= 0.3 is 0 Å². The Kier molecular flexibility index (Phi) is 6.65. The molecule has 0 radical (unpaired) electrons. The summed E-state index contributed by atoms with van der Waals surface area (Å²) in [5, 5.41) is 0. The van der Waals surface area contributed by atoms with Crippen LogP contribution in [0.15, 0.2) is 24.3 Å². The number of rotatable bonds is 6. The van der Waals surface area contributed by atoms with Crippen LogP contribution in [0.5, 0.6) is 5.75 Å². The van der Waals surface area contributed by atoms with E-state index in [1.807, 2.05) is 0 Å². The maximum absolute atomic E-state index is 13.5. The predicted molar refractivity (Wildman–Crippen MR) is 82.4 cm³/mol. The van der Waals surface area contributed by atoms with Gasteiger partial charge in [0.1, 0.15) is 0 Å². The van der Waals surface area contributed by atoms with Crippen LogP contribution >= 0.6 is 0 Å². The zero-order valence-electron chi connectivity index (χ0n) is 13.1. The fourth-order valence-electron chi connectivity index (χ4n) is 2.56. The largest absolute Gasteiger partial charge is 0.481 e. The molecule has 0 N–H and O–H groups in total. The van der Waals surface area contributed by atoms with E-state index >= 15 is 0 Å². The molecule has 1 fully saturated rings. The van der Waals surface area contributed by atoms with E-state index in [2.05, 4.69) is 6.92 Å². The topological polar surface area (TPSA) is 38.8 Å². The number of carbonyl (C=O) groups excluding carboxylic acids is 1. The van der Waals surface area contributed by atoms with Crippen molar-refractivity contribution >= 4 is 5.91 Å². The van der Waals surface area contributed by atoms with Crippen LogP contribution in [0.1, 0.15) is 32.6 Å². The SMILES string of the molecule is CCCOC1CCCN(C(=O)COc2ccccc2F)CC1. The molecule has 0 aromatic heterocycles. The Hall–Kier alpha value is -1.62. The number of carbonyl (C=O) groups is 1. The summed E-state index contributed by atoms with van der Waals surface area (Å²) in [7, 11) is 0. The average Bonchev–Trinajstić information content (AvgIpc) is 2.77. The number of ether oxygens (including phenoxy) is 2. The van der Waals surface area contributed by atoms with E-state index in [0.29, 0.717) is 13.1 Å². The maximum atomic E-state index is 13.5. The van der Waals surface area contributed by atoms with Crippen LogP contribution in [-0.2, 0) is 9.53 Å². The molecule has 1 amide bonds. The summed E-state index contributed by atoms with van der Waals surface area (Å²) >= 11 is 0. The quantitative estimate of drug-likeness (QED) is 0.811. The second-order valence-corrected chi connectivity index (χ2v) is 5.52. The number of nitrogens with zero attached hydrogens (tertiary/aromatic N) is 1. The molecule has 1 aliphatic heterocycles. The molecule has 1 aromatic carbocycles. The van der Waals surface area contributed by atoms with Crippen molar-refractivity contribution in [1.82, 2.24) is 4.90 Å². The Morgan fingerprint density at radius 2 is 2.14 bits per heavy atom. The van der Waals surface area contributed by atoms with Crippen molar-refractivity contribution in [2.45, 2.75) is 38.7 Å². The molecule has 0 bridgehead atoms. The number of hydrogen-bond acceptors (Lipinski definition) is 3. The molecule has 4 nitrogen and oxygen atoms in total. The highest BCUT2D eigenvalue weighted by Crippen LogP contribution is 2.17. The van der Waals surface area contributed by atoms with Crippen LogP contribution in [0.25, 0.3) is 0 Å². The molecular formula is C17H24FNO3. The molecular weight excluding hydrogens is 285 g/mol. The first kappa shape index (κ1) is 16.7. The van der Waals surface area contributed by atoms with E-state index in [-0.39, 0.29) is 24.4 Å². The molecule has 1 heterocycles. The van der Waals surface area contributed by atoms with Crippen molar-refractivity contribution in [3.8, 4) is 5.75 Å². The number of benzene rings is 1. The lowest BCUT2D eigenvalue weighted by molar-refractivity contribution is -0.133. The lowest BCUT2D eigenvalue weighted by atomic mass is 10.2. The molecule has 22 heavy (non-hydrogen) atoms. The molecule has 0 aliphatic carbocycles. The number of halogens is 1. The minimum absolute atomic E-state index is 0.0978. The van der Waals surface area contributed by atoms with Crippen molar-refractivity contribution in [2.24, 2.45) is 0 Å². The van der Waals surface area contributed by atoms with E-state index in [1.54, 1.807) is 17.0 Å². The van der Waals surface area contributed by atoms with Gasteiger partial charge in [0.05, 0.1) is 6.10 Å². The van der Waals surface area contributed by atoms with Crippen molar-refractivity contribution in [3.63, 3.8) is 0 Å². The van der Waals surface area contributed by atoms with E-state index in [4.69, 9.17) is 9.47 Å². The Morgan fingerprint density at radius 3 is 2.91 bits per heavy atom. The van der Waals surface area contributed by atoms with Gasteiger partial charge in [0.15, 0.2) is 18.2 Å². The second-order valence-electron chi connectivity index (χ2n) is 5.52. The molecule has 0 spiro atoms. The van der Waals surface area contributed by atoms with E-state index in [0.717, 1.165) is 32.3 Å². The highest BCUT2D eigenvalue weighted by atomic mass is 19.1. The average molecular weight is 309 g/mol. The van der Waals surface area contributed by atoms with Gasteiger partial charge < -0.3 is 14.4 Å². The Bertz CT molecular complexity index is 481. The molecule has 1 saturated heterocycles. The van der Waals surface area contributed by atoms with E-state index in [9.17, 15) is 9.18 Å². The third kappa shape index (κ3) is 4.98. The third-order valence-electron chi connectivity index (χ3n) is 3.77. The summed E-state index contributed by atoms with van der Waals surface area (Å²) in [6.07, 6.45) is 4.02. The standard InChI is InChI=1S/C17H24FNO3/c1-2-12-21-14-6-5-10-19(11-9-14)17(20)13-22-16-8-4-3-7-15(16)18/h3-4,7-8,14H,2,5-6,9-13H2,1H3. The number of para-hydroxylation sites is 1. The highest BCUT2D eigenvalue weighted by molar-refractivity contribution is 5.77. The summed E-state index contributed by atoms with van der Waals surface area (Å²) in [6.45, 7) is 4.13. The summed E-state index contributed by atoms with van der Waals surface area (Å²) in [6, 6.07) is 6.13. The lowest BCUT2D eigenvalue weighted by Crippen LogP contribution is -2.36. The highest BCUT2D eigenvalue weighted by Gasteiger charge is 2.21. The fourth-order valence-corrected chi connectivity index (χ4v) is 2.56. The van der Waals surface area contributed by atoms with Gasteiger partial charge in [-0.25, -0.2) is 4.39 Å². The molecule has 1 aliphatic rings. The van der Waals surface area contributed by atoms with Crippen LogP contribution in [0, 0.1) is 5.82 Å². The first-order valence-corrected chi connectivity index (χ1v) is 7.97. The molecule has 1 unspecified atom stereocenters. The summed E-state index contributed by atoms with van der Waals surface area (Å²) in [4.78, 5) is 14.0. The van der Waals surface area contributed by atoms with Gasteiger partial charge in [-0.05, 0) is 37.8 Å². The van der Waals surface area contributed by atoms with E-state index < -0.39 is 5.82 Å². The van der Waals surface area contributed by atoms with Gasteiger partial charge in [0.25, 0.3) is 5.91 Å². The summed E-state index contributed by atoms with van der Waals surface area (Å²) in [5.41, 5.74) is 0. The Morgan fingerprint density at radius 1 is 1.32 bits per heavy atom. The lowest BCUT2D eigenvalue weighted by Gasteiger charge is -2.21. The molecule has 0 saturated carbocycles. The Labute approximate surface area is 131 Å². The molecule has 122 valence electrons. The van der Waals surface area contributed by atoms with Gasteiger partial charge in [0.2, 0.25) is 0 Å². The molecule has 1 atom stereocenters. The fraction of sp³-hybridized carbons (Fsp3) is 0.588. The van der Waals surface area contributed by atoms with Crippen molar-refractivity contribution in [1.29, 1.82) is 0 Å². The number of likely N-dealkylation sites (tertiary alicyclic amines) is 1. The summed E-state index contributed by atoms with van der Waals surface area (Å²) in [5.74, 6) is -0.423. The smallest absolute Gasteiger partial charge is 0.260 e. The van der Waals surface area contributed by atoms with Crippen molar-refractivity contribution < 1.29 is 18.7 Å². The Balaban J connectivity index is 1.79.